The first-order valence-corrected chi connectivity index (χ1v) is 11.0. The van der Waals surface area contributed by atoms with E-state index in [4.69, 9.17) is 11.5 Å². The van der Waals surface area contributed by atoms with Gasteiger partial charge in [-0.15, -0.1) is 0 Å². The number of aliphatic carboxylic acids is 1. The summed E-state index contributed by atoms with van der Waals surface area (Å²) < 4.78 is 0. The highest BCUT2D eigenvalue weighted by Gasteiger charge is 2.32. The molecular weight excluding hydrogens is 426 g/mol. The van der Waals surface area contributed by atoms with Gasteiger partial charge in [0.25, 0.3) is 0 Å². The second-order valence-electron chi connectivity index (χ2n) is 7.89. The Labute approximate surface area is 188 Å². The Bertz CT molecular complexity index is 604. The number of carbonyl (C=O) groups is 4. The predicted octanol–water partition coefficient (Wildman–Crippen LogP) is -1.66. The van der Waals surface area contributed by atoms with Crippen molar-refractivity contribution in [2.75, 3.05) is 12.3 Å². The molecule has 0 bridgehead atoms. The van der Waals surface area contributed by atoms with Crippen LogP contribution in [0.4, 0.5) is 0 Å². The van der Waals surface area contributed by atoms with Crippen molar-refractivity contribution in [3.05, 3.63) is 0 Å². The Morgan fingerprint density at radius 2 is 1.52 bits per heavy atom. The van der Waals surface area contributed by atoms with Crippen LogP contribution >= 0.6 is 12.6 Å². The lowest BCUT2D eigenvalue weighted by Crippen LogP contribution is -2.60. The average molecular weight is 464 g/mol. The van der Waals surface area contributed by atoms with E-state index in [1.807, 2.05) is 13.8 Å². The number of unbranched alkanes of at least 4 members (excludes halogenated alkanes) is 1. The summed E-state index contributed by atoms with van der Waals surface area (Å²) in [4.78, 5) is 48.9. The second kappa shape index (κ2) is 15.0. The molecule has 9 N–H and O–H groups in total. The number of carboxylic acid groups (broad SMARTS) is 1. The third-order valence-corrected chi connectivity index (χ3v) is 4.89. The molecule has 3 amide bonds. The van der Waals surface area contributed by atoms with Crippen LogP contribution in [0.3, 0.4) is 0 Å². The van der Waals surface area contributed by atoms with E-state index < -0.39 is 54.0 Å². The molecule has 0 saturated carbocycles. The largest absolute Gasteiger partial charge is 0.480 e. The Morgan fingerprint density at radius 3 is 1.97 bits per heavy atom. The number of nitrogens with one attached hydrogen (secondary N) is 3. The lowest BCUT2D eigenvalue weighted by Gasteiger charge is -2.26. The maximum atomic E-state index is 12.7. The number of hydrogen-bond acceptors (Lipinski definition) is 8. The molecule has 0 aliphatic rings. The molecule has 0 saturated heterocycles. The van der Waals surface area contributed by atoms with Crippen LogP contribution in [0.1, 0.15) is 46.5 Å². The molecule has 12 heteroatoms. The molecule has 0 aliphatic heterocycles. The number of carboxylic acids is 1. The second-order valence-corrected chi connectivity index (χ2v) is 8.26. The van der Waals surface area contributed by atoms with Gasteiger partial charge >= 0.3 is 5.97 Å². The van der Waals surface area contributed by atoms with Gasteiger partial charge in [-0.25, -0.2) is 4.79 Å². The van der Waals surface area contributed by atoms with E-state index in [9.17, 15) is 29.4 Å². The Balaban J connectivity index is 5.40. The van der Waals surface area contributed by atoms with Gasteiger partial charge in [0.2, 0.25) is 17.7 Å². The van der Waals surface area contributed by atoms with Gasteiger partial charge in [0, 0.05) is 5.75 Å². The fourth-order valence-corrected chi connectivity index (χ4v) is 2.90. The van der Waals surface area contributed by atoms with Crippen molar-refractivity contribution in [2.24, 2.45) is 17.4 Å². The summed E-state index contributed by atoms with van der Waals surface area (Å²) in [6, 6.07) is -4.51. The van der Waals surface area contributed by atoms with Gasteiger partial charge < -0.3 is 37.6 Å². The highest BCUT2D eigenvalue weighted by atomic mass is 32.1. The smallest absolute Gasteiger partial charge is 0.326 e. The monoisotopic (exact) mass is 463 g/mol. The third kappa shape index (κ3) is 11.3. The minimum absolute atomic E-state index is 0.0255. The summed E-state index contributed by atoms with van der Waals surface area (Å²) >= 11 is 3.92. The summed E-state index contributed by atoms with van der Waals surface area (Å²) in [6.45, 7) is 5.35. The van der Waals surface area contributed by atoms with Crippen molar-refractivity contribution in [2.45, 2.75) is 76.7 Å². The molecule has 5 atom stereocenters. The number of aliphatic hydroxyl groups excluding tert-OH is 1. The normalized spacial score (nSPS) is 16.0. The van der Waals surface area contributed by atoms with Gasteiger partial charge in [0.05, 0.1) is 12.1 Å². The van der Waals surface area contributed by atoms with Gasteiger partial charge in [-0.1, -0.05) is 13.8 Å². The van der Waals surface area contributed by atoms with Crippen molar-refractivity contribution >= 4 is 36.3 Å². The first-order chi connectivity index (χ1) is 14.4. The summed E-state index contributed by atoms with van der Waals surface area (Å²) in [5, 5.41) is 26.6. The summed E-state index contributed by atoms with van der Waals surface area (Å²) in [7, 11) is 0. The van der Waals surface area contributed by atoms with E-state index >= 15 is 0 Å². The molecule has 31 heavy (non-hydrogen) atoms. The van der Waals surface area contributed by atoms with E-state index in [0.717, 1.165) is 0 Å². The van der Waals surface area contributed by atoms with Crippen LogP contribution in [0.25, 0.3) is 0 Å². The molecule has 0 heterocycles. The molecule has 0 aliphatic carbocycles. The SMILES string of the molecule is CC(C)CC(NC(=O)C(CCCCN)NC(=O)C(NC(=O)C(N)CS)C(C)O)C(=O)O. The lowest BCUT2D eigenvalue weighted by molar-refractivity contribution is -0.143. The predicted molar refractivity (Wildman–Crippen MR) is 119 cm³/mol. The summed E-state index contributed by atoms with van der Waals surface area (Å²) in [6.07, 6.45) is 0.267. The van der Waals surface area contributed by atoms with E-state index in [2.05, 4.69) is 28.6 Å². The van der Waals surface area contributed by atoms with E-state index in [1.54, 1.807) is 0 Å². The zero-order chi connectivity index (χ0) is 24.1. The maximum Gasteiger partial charge on any atom is 0.326 e. The Hall–Kier alpha value is -1.89. The molecule has 0 aromatic rings. The zero-order valence-electron chi connectivity index (χ0n) is 18.3. The third-order valence-electron chi connectivity index (χ3n) is 4.50. The van der Waals surface area contributed by atoms with Gasteiger partial charge in [-0.2, -0.15) is 12.6 Å². The quantitative estimate of drug-likeness (QED) is 0.104. The van der Waals surface area contributed by atoms with Crippen LogP contribution in [0, 0.1) is 5.92 Å². The number of thiol groups is 1. The minimum Gasteiger partial charge on any atom is -0.480 e. The van der Waals surface area contributed by atoms with Crippen LogP contribution in [0.5, 0.6) is 0 Å². The molecule has 0 radical (unpaired) electrons. The van der Waals surface area contributed by atoms with Gasteiger partial charge in [0.1, 0.15) is 18.1 Å². The van der Waals surface area contributed by atoms with Gasteiger partial charge in [-0.05, 0) is 45.1 Å². The summed E-state index contributed by atoms with van der Waals surface area (Å²) in [5.41, 5.74) is 11.1. The highest BCUT2D eigenvalue weighted by Crippen LogP contribution is 2.08. The molecule has 180 valence electrons. The molecule has 11 nitrogen and oxygen atoms in total. The number of hydrogen-bond donors (Lipinski definition) is 8. The lowest BCUT2D eigenvalue weighted by atomic mass is 10.0. The van der Waals surface area contributed by atoms with Crippen molar-refractivity contribution in [1.82, 2.24) is 16.0 Å². The first-order valence-electron chi connectivity index (χ1n) is 10.3. The number of aliphatic hydroxyl groups is 1. The average Bonchev–Trinajstić information content (AvgIpc) is 2.68. The van der Waals surface area contributed by atoms with Crippen molar-refractivity contribution in [1.29, 1.82) is 0 Å². The van der Waals surface area contributed by atoms with Crippen molar-refractivity contribution in [3.63, 3.8) is 0 Å². The Kier molecular flexibility index (Phi) is 14.1. The molecule has 0 fully saturated rings. The van der Waals surface area contributed by atoms with Crippen LogP contribution in [-0.2, 0) is 19.2 Å². The molecule has 0 rings (SSSR count). The number of rotatable bonds is 15. The van der Waals surface area contributed by atoms with Crippen LogP contribution in [0.15, 0.2) is 0 Å². The molecular formula is C19H37N5O6S. The maximum absolute atomic E-state index is 12.7. The Morgan fingerprint density at radius 1 is 0.935 bits per heavy atom. The zero-order valence-corrected chi connectivity index (χ0v) is 19.2. The highest BCUT2D eigenvalue weighted by molar-refractivity contribution is 7.80. The first kappa shape index (κ1) is 29.1. The minimum atomic E-state index is -1.35. The molecule has 0 aromatic heterocycles. The summed E-state index contributed by atoms with van der Waals surface area (Å²) in [5.74, 6) is -3.25. The number of amides is 3. The van der Waals surface area contributed by atoms with Crippen LogP contribution in [0.2, 0.25) is 0 Å². The fourth-order valence-electron chi connectivity index (χ4n) is 2.74. The topological polar surface area (TPSA) is 197 Å². The molecule has 5 unspecified atom stereocenters. The van der Waals surface area contributed by atoms with E-state index in [-0.39, 0.29) is 24.5 Å². The van der Waals surface area contributed by atoms with Crippen molar-refractivity contribution < 1.29 is 29.4 Å². The van der Waals surface area contributed by atoms with Crippen LogP contribution < -0.4 is 27.4 Å². The number of nitrogens with two attached hydrogens (primary N) is 2. The molecule has 0 spiro atoms. The fraction of sp³-hybridized carbons (Fsp3) is 0.789. The van der Waals surface area contributed by atoms with E-state index in [1.165, 1.54) is 6.92 Å². The van der Waals surface area contributed by atoms with Gasteiger partial charge in [-0.3, -0.25) is 14.4 Å². The van der Waals surface area contributed by atoms with Gasteiger partial charge in [0.15, 0.2) is 0 Å². The molecule has 0 aromatic carbocycles. The standard InChI is InChI=1S/C19H37N5O6S/c1-10(2)8-14(19(29)30)23-17(27)13(6-4-5-7-20)22-18(28)15(11(3)25)24-16(26)12(21)9-31/h10-15,25,31H,4-9,20-21H2,1-3H3,(H,22,28)(H,23,27)(H,24,26)(H,29,30). The van der Waals surface area contributed by atoms with Crippen molar-refractivity contribution in [3.8, 4) is 0 Å². The van der Waals surface area contributed by atoms with E-state index in [0.29, 0.717) is 19.4 Å². The van der Waals surface area contributed by atoms with Crippen LogP contribution in [-0.4, -0.2) is 76.5 Å². The number of carbonyl (C=O) groups excluding carboxylic acids is 3.